The Morgan fingerprint density at radius 2 is 2.25 bits per heavy atom. The summed E-state index contributed by atoms with van der Waals surface area (Å²) in [6, 6.07) is 0.849. The van der Waals surface area contributed by atoms with Gasteiger partial charge in [-0.15, -0.1) is 0 Å². The maximum Gasteiger partial charge on any atom is 0.435 e. The van der Waals surface area contributed by atoms with Crippen LogP contribution in [0.15, 0.2) is 12.3 Å². The number of amides is 1. The smallest absolute Gasteiger partial charge is 0.374 e. The fourth-order valence-corrected chi connectivity index (χ4v) is 2.62. The topological polar surface area (TPSA) is 59.4 Å². The lowest BCUT2D eigenvalue weighted by Gasteiger charge is -2.33. The molecule has 0 bridgehead atoms. The van der Waals surface area contributed by atoms with E-state index in [2.05, 4.69) is 29.2 Å². The Balaban J connectivity index is 1.75. The Morgan fingerprint density at radius 1 is 1.50 bits per heavy atom. The molecule has 1 N–H and O–H groups in total. The summed E-state index contributed by atoms with van der Waals surface area (Å²) >= 11 is 0. The number of hydrogen-bond acceptors (Lipinski definition) is 4. The van der Waals surface area contributed by atoms with Gasteiger partial charge in [0.15, 0.2) is 5.69 Å². The number of halogens is 3. The number of carbonyl (C=O) groups is 1. The molecule has 1 aliphatic rings. The zero-order valence-corrected chi connectivity index (χ0v) is 13.8. The Hall–Kier alpha value is -1.61. The average Bonchev–Trinajstić information content (AvgIpc) is 2.93. The number of ether oxygens (including phenoxy) is 1. The molecular formula is C15H23F3N4O2. The van der Waals surface area contributed by atoms with E-state index >= 15 is 0 Å². The largest absolute Gasteiger partial charge is 0.435 e. The van der Waals surface area contributed by atoms with Crippen molar-refractivity contribution in [2.75, 3.05) is 32.8 Å². The molecule has 9 heteroatoms. The van der Waals surface area contributed by atoms with Crippen molar-refractivity contribution in [2.24, 2.45) is 5.92 Å². The summed E-state index contributed by atoms with van der Waals surface area (Å²) in [6.45, 7) is 7.56. The molecule has 0 spiro atoms. The highest BCUT2D eigenvalue weighted by Gasteiger charge is 2.33. The van der Waals surface area contributed by atoms with Gasteiger partial charge in [-0.2, -0.15) is 18.3 Å². The van der Waals surface area contributed by atoms with Crippen molar-refractivity contribution < 1.29 is 22.7 Å². The lowest BCUT2D eigenvalue weighted by Crippen LogP contribution is -2.48. The third kappa shape index (κ3) is 5.79. The highest BCUT2D eigenvalue weighted by atomic mass is 19.4. The van der Waals surface area contributed by atoms with E-state index in [1.54, 1.807) is 0 Å². The number of hydrogen-bond donors (Lipinski definition) is 1. The number of rotatable bonds is 6. The van der Waals surface area contributed by atoms with Crippen LogP contribution in [0.3, 0.4) is 0 Å². The molecule has 136 valence electrons. The molecule has 1 fully saturated rings. The molecule has 0 saturated carbocycles. The molecule has 1 aliphatic heterocycles. The summed E-state index contributed by atoms with van der Waals surface area (Å²) < 4.78 is 44.0. The SMILES string of the molecule is CC(C)CN1CCO[C@H](CNC(=O)Cn2ccc(C(F)(F)F)n2)C1. The third-order valence-electron chi connectivity index (χ3n) is 3.61. The van der Waals surface area contributed by atoms with Crippen molar-refractivity contribution in [1.29, 1.82) is 0 Å². The van der Waals surface area contributed by atoms with Crippen LogP contribution in [0.25, 0.3) is 0 Å². The Bertz CT molecular complexity index is 545. The fourth-order valence-electron chi connectivity index (χ4n) is 2.62. The molecule has 24 heavy (non-hydrogen) atoms. The van der Waals surface area contributed by atoms with Crippen molar-refractivity contribution in [1.82, 2.24) is 20.0 Å². The van der Waals surface area contributed by atoms with E-state index in [4.69, 9.17) is 4.74 Å². The summed E-state index contributed by atoms with van der Waals surface area (Å²) in [5, 5.41) is 6.04. The van der Waals surface area contributed by atoms with Crippen LogP contribution in [0, 0.1) is 5.92 Å². The molecule has 1 aromatic heterocycles. The first kappa shape index (κ1) is 18.7. The average molecular weight is 348 g/mol. The molecule has 0 aromatic carbocycles. The second-order valence-corrected chi connectivity index (χ2v) is 6.35. The van der Waals surface area contributed by atoms with Crippen LogP contribution in [0.2, 0.25) is 0 Å². The van der Waals surface area contributed by atoms with Crippen LogP contribution < -0.4 is 5.32 Å². The van der Waals surface area contributed by atoms with Gasteiger partial charge in [-0.1, -0.05) is 13.8 Å². The normalized spacial score (nSPS) is 19.7. The lowest BCUT2D eigenvalue weighted by atomic mass is 10.2. The van der Waals surface area contributed by atoms with Gasteiger partial charge in [-0.05, 0) is 12.0 Å². The van der Waals surface area contributed by atoms with Crippen LogP contribution in [0.5, 0.6) is 0 Å². The minimum absolute atomic E-state index is 0.107. The van der Waals surface area contributed by atoms with Crippen LogP contribution in [0.1, 0.15) is 19.5 Å². The van der Waals surface area contributed by atoms with E-state index < -0.39 is 17.8 Å². The van der Waals surface area contributed by atoms with Gasteiger partial charge in [0.1, 0.15) is 6.54 Å². The predicted molar refractivity (Wildman–Crippen MR) is 81.3 cm³/mol. The predicted octanol–water partition coefficient (Wildman–Crippen LogP) is 1.37. The molecule has 6 nitrogen and oxygen atoms in total. The summed E-state index contributed by atoms with van der Waals surface area (Å²) in [4.78, 5) is 14.1. The molecule has 1 aromatic rings. The molecule has 0 unspecified atom stereocenters. The number of nitrogens with one attached hydrogen (secondary N) is 1. The van der Waals surface area contributed by atoms with Gasteiger partial charge >= 0.3 is 6.18 Å². The molecule has 1 amide bonds. The number of alkyl halides is 3. The van der Waals surface area contributed by atoms with Gasteiger partial charge < -0.3 is 10.1 Å². The minimum atomic E-state index is -4.50. The molecule has 2 heterocycles. The Kier molecular flexibility index (Phi) is 6.22. The standard InChI is InChI=1S/C15H23F3N4O2/c1-11(2)8-21-5-6-24-12(9-21)7-19-14(23)10-22-4-3-13(20-22)15(16,17)18/h3-4,11-12H,5-10H2,1-2H3,(H,19,23)/t12-/m1/s1. The minimum Gasteiger partial charge on any atom is -0.374 e. The third-order valence-corrected chi connectivity index (χ3v) is 3.61. The van der Waals surface area contributed by atoms with Crippen molar-refractivity contribution in [3.63, 3.8) is 0 Å². The fraction of sp³-hybridized carbons (Fsp3) is 0.733. The van der Waals surface area contributed by atoms with Crippen molar-refractivity contribution in [2.45, 2.75) is 32.7 Å². The van der Waals surface area contributed by atoms with E-state index in [-0.39, 0.29) is 12.6 Å². The first-order valence-corrected chi connectivity index (χ1v) is 7.95. The van der Waals surface area contributed by atoms with Gasteiger partial charge in [0.2, 0.25) is 5.91 Å². The lowest BCUT2D eigenvalue weighted by molar-refractivity contribution is -0.141. The van der Waals surface area contributed by atoms with Gasteiger partial charge in [0, 0.05) is 32.4 Å². The van der Waals surface area contributed by atoms with E-state index in [0.29, 0.717) is 19.1 Å². The van der Waals surface area contributed by atoms with Crippen molar-refractivity contribution in [3.05, 3.63) is 18.0 Å². The number of carbonyl (C=O) groups excluding carboxylic acids is 1. The first-order valence-electron chi connectivity index (χ1n) is 7.95. The quantitative estimate of drug-likeness (QED) is 0.844. The highest BCUT2D eigenvalue weighted by molar-refractivity contribution is 5.75. The van der Waals surface area contributed by atoms with Crippen LogP contribution >= 0.6 is 0 Å². The molecule has 2 rings (SSSR count). The zero-order valence-electron chi connectivity index (χ0n) is 13.8. The molecule has 0 radical (unpaired) electrons. The first-order chi connectivity index (χ1) is 11.2. The Labute approximate surface area is 138 Å². The molecule has 0 aliphatic carbocycles. The van der Waals surface area contributed by atoms with Crippen LogP contribution in [-0.4, -0.2) is 59.5 Å². The second-order valence-electron chi connectivity index (χ2n) is 6.35. The van der Waals surface area contributed by atoms with E-state index in [9.17, 15) is 18.0 Å². The van der Waals surface area contributed by atoms with Crippen LogP contribution in [0.4, 0.5) is 13.2 Å². The van der Waals surface area contributed by atoms with Crippen molar-refractivity contribution >= 4 is 5.91 Å². The summed E-state index contributed by atoms with van der Waals surface area (Å²) in [5.74, 6) is 0.164. The number of nitrogens with zero attached hydrogens (tertiary/aromatic N) is 3. The van der Waals surface area contributed by atoms with Gasteiger partial charge in [0.05, 0.1) is 12.7 Å². The summed E-state index contributed by atoms with van der Waals surface area (Å²) in [6.07, 6.45) is -3.47. The number of aromatic nitrogens is 2. The highest BCUT2D eigenvalue weighted by Crippen LogP contribution is 2.27. The molecule has 1 saturated heterocycles. The van der Waals surface area contributed by atoms with E-state index in [1.807, 2.05) is 0 Å². The summed E-state index contributed by atoms with van der Waals surface area (Å²) in [5.41, 5.74) is -1.00. The molecule has 1 atom stereocenters. The van der Waals surface area contributed by atoms with Crippen LogP contribution in [-0.2, 0) is 22.3 Å². The van der Waals surface area contributed by atoms with Gasteiger partial charge in [-0.25, -0.2) is 0 Å². The van der Waals surface area contributed by atoms with Gasteiger partial charge in [0.25, 0.3) is 0 Å². The monoisotopic (exact) mass is 348 g/mol. The Morgan fingerprint density at radius 3 is 2.88 bits per heavy atom. The van der Waals surface area contributed by atoms with E-state index in [1.165, 1.54) is 0 Å². The maximum atomic E-state index is 12.5. The summed E-state index contributed by atoms with van der Waals surface area (Å²) in [7, 11) is 0. The number of morpholine rings is 1. The molecular weight excluding hydrogens is 325 g/mol. The maximum absolute atomic E-state index is 12.5. The van der Waals surface area contributed by atoms with Gasteiger partial charge in [-0.3, -0.25) is 14.4 Å². The zero-order chi connectivity index (χ0) is 17.7. The van der Waals surface area contributed by atoms with Crippen molar-refractivity contribution in [3.8, 4) is 0 Å². The second kappa shape index (κ2) is 7.98. The van der Waals surface area contributed by atoms with E-state index in [0.717, 1.165) is 36.6 Å².